The lowest BCUT2D eigenvalue weighted by Crippen LogP contribution is -2.34. The molecule has 0 radical (unpaired) electrons. The third-order valence-corrected chi connectivity index (χ3v) is 4.86. The van der Waals surface area contributed by atoms with Crippen molar-refractivity contribution in [2.45, 2.75) is 19.9 Å². The van der Waals surface area contributed by atoms with Gasteiger partial charge in [0.25, 0.3) is 5.91 Å². The van der Waals surface area contributed by atoms with E-state index in [9.17, 15) is 9.18 Å². The molecule has 0 bridgehead atoms. The SMILES string of the molecule is Cc1cc(C)n([C@H](CNC(=O)COc2ccc(F)cc2)c2cccs2)n1. The summed E-state index contributed by atoms with van der Waals surface area (Å²) in [6, 6.07) is 11.5. The van der Waals surface area contributed by atoms with Crippen molar-refractivity contribution in [3.63, 3.8) is 0 Å². The number of rotatable bonds is 7. The molecular formula is C19H20FN3O2S. The molecule has 1 aromatic carbocycles. The molecule has 0 saturated carbocycles. The van der Waals surface area contributed by atoms with Crippen molar-refractivity contribution in [2.75, 3.05) is 13.2 Å². The number of benzene rings is 1. The van der Waals surface area contributed by atoms with E-state index in [1.807, 2.05) is 42.1 Å². The van der Waals surface area contributed by atoms with Gasteiger partial charge in [-0.15, -0.1) is 11.3 Å². The van der Waals surface area contributed by atoms with Crippen LogP contribution in [-0.2, 0) is 4.79 Å². The van der Waals surface area contributed by atoms with Crippen LogP contribution in [0, 0.1) is 19.7 Å². The van der Waals surface area contributed by atoms with Crippen LogP contribution in [-0.4, -0.2) is 28.8 Å². The lowest BCUT2D eigenvalue weighted by Gasteiger charge is -2.19. The normalized spacial score (nSPS) is 12.0. The fraction of sp³-hybridized carbons (Fsp3) is 0.263. The first-order valence-corrected chi connectivity index (χ1v) is 9.12. The topological polar surface area (TPSA) is 56.2 Å². The minimum Gasteiger partial charge on any atom is -0.484 e. The standard InChI is InChI=1S/C19H20FN3O2S/c1-13-10-14(2)23(22-13)17(18-4-3-9-26-18)11-21-19(24)12-25-16-7-5-15(20)6-8-16/h3-10,17H,11-12H2,1-2H3,(H,21,24)/t17-/m1/s1. The molecular weight excluding hydrogens is 353 g/mol. The summed E-state index contributed by atoms with van der Waals surface area (Å²) in [6.07, 6.45) is 0. The van der Waals surface area contributed by atoms with Crippen LogP contribution in [0.5, 0.6) is 5.75 Å². The van der Waals surface area contributed by atoms with Crippen LogP contribution in [0.3, 0.4) is 0 Å². The van der Waals surface area contributed by atoms with E-state index in [1.54, 1.807) is 11.3 Å². The van der Waals surface area contributed by atoms with Gasteiger partial charge in [-0.25, -0.2) is 4.39 Å². The molecule has 26 heavy (non-hydrogen) atoms. The minimum absolute atomic E-state index is 0.0709. The molecule has 1 atom stereocenters. The maximum absolute atomic E-state index is 12.9. The number of amides is 1. The Hall–Kier alpha value is -2.67. The Balaban J connectivity index is 1.61. The molecule has 5 nitrogen and oxygen atoms in total. The molecule has 3 rings (SSSR count). The highest BCUT2D eigenvalue weighted by Gasteiger charge is 2.19. The molecule has 2 heterocycles. The van der Waals surface area contributed by atoms with Gasteiger partial charge in [0.15, 0.2) is 6.61 Å². The first kappa shape index (κ1) is 18.1. The van der Waals surface area contributed by atoms with Crippen molar-refractivity contribution < 1.29 is 13.9 Å². The molecule has 136 valence electrons. The van der Waals surface area contributed by atoms with Crippen molar-refractivity contribution in [1.29, 1.82) is 0 Å². The van der Waals surface area contributed by atoms with Crippen LogP contribution >= 0.6 is 11.3 Å². The highest BCUT2D eigenvalue weighted by molar-refractivity contribution is 7.10. The fourth-order valence-electron chi connectivity index (χ4n) is 2.69. The number of ether oxygens (including phenoxy) is 1. The molecule has 0 unspecified atom stereocenters. The highest BCUT2D eigenvalue weighted by Crippen LogP contribution is 2.24. The Morgan fingerprint density at radius 1 is 1.31 bits per heavy atom. The maximum Gasteiger partial charge on any atom is 0.258 e. The lowest BCUT2D eigenvalue weighted by molar-refractivity contribution is -0.123. The average molecular weight is 373 g/mol. The zero-order chi connectivity index (χ0) is 18.5. The number of aryl methyl sites for hydroxylation is 2. The van der Waals surface area contributed by atoms with Gasteiger partial charge in [0.05, 0.1) is 5.69 Å². The number of aromatic nitrogens is 2. The summed E-state index contributed by atoms with van der Waals surface area (Å²) in [6.45, 7) is 4.23. The van der Waals surface area contributed by atoms with E-state index in [-0.39, 0.29) is 24.4 Å². The Morgan fingerprint density at radius 2 is 2.08 bits per heavy atom. The van der Waals surface area contributed by atoms with E-state index in [4.69, 9.17) is 4.74 Å². The number of carbonyl (C=O) groups is 1. The van der Waals surface area contributed by atoms with Crippen molar-refractivity contribution in [2.24, 2.45) is 0 Å². The second-order valence-corrected chi connectivity index (χ2v) is 6.93. The van der Waals surface area contributed by atoms with Gasteiger partial charge in [0.1, 0.15) is 17.6 Å². The van der Waals surface area contributed by atoms with Crippen LogP contribution in [0.4, 0.5) is 4.39 Å². The summed E-state index contributed by atoms with van der Waals surface area (Å²) in [5.41, 5.74) is 1.98. The van der Waals surface area contributed by atoms with E-state index in [0.29, 0.717) is 12.3 Å². The zero-order valence-electron chi connectivity index (χ0n) is 14.6. The second-order valence-electron chi connectivity index (χ2n) is 5.95. The Kier molecular flexibility index (Phi) is 5.68. The molecule has 1 N–H and O–H groups in total. The molecule has 0 spiro atoms. The third kappa shape index (κ3) is 4.49. The molecule has 2 aromatic heterocycles. The minimum atomic E-state index is -0.342. The van der Waals surface area contributed by atoms with E-state index in [2.05, 4.69) is 10.4 Å². The summed E-state index contributed by atoms with van der Waals surface area (Å²) in [5, 5.41) is 9.45. The molecule has 0 aliphatic rings. The second kappa shape index (κ2) is 8.14. The number of carbonyl (C=O) groups excluding carboxylic acids is 1. The van der Waals surface area contributed by atoms with Gasteiger partial charge in [0.2, 0.25) is 0 Å². The number of thiophene rings is 1. The van der Waals surface area contributed by atoms with Crippen molar-refractivity contribution in [1.82, 2.24) is 15.1 Å². The molecule has 0 saturated heterocycles. The number of hydrogen-bond acceptors (Lipinski definition) is 4. The number of halogens is 1. The smallest absolute Gasteiger partial charge is 0.258 e. The first-order chi connectivity index (χ1) is 12.5. The Labute approximate surface area is 155 Å². The fourth-order valence-corrected chi connectivity index (χ4v) is 3.50. The molecule has 0 fully saturated rings. The van der Waals surface area contributed by atoms with Gasteiger partial charge in [-0.1, -0.05) is 6.07 Å². The average Bonchev–Trinajstić information content (AvgIpc) is 3.25. The van der Waals surface area contributed by atoms with Crippen molar-refractivity contribution >= 4 is 17.2 Å². The van der Waals surface area contributed by atoms with E-state index in [1.165, 1.54) is 24.3 Å². The van der Waals surface area contributed by atoms with Crippen LogP contribution in [0.25, 0.3) is 0 Å². The summed E-state index contributed by atoms with van der Waals surface area (Å²) in [7, 11) is 0. The van der Waals surface area contributed by atoms with Crippen LogP contribution in [0.2, 0.25) is 0 Å². The largest absolute Gasteiger partial charge is 0.484 e. The maximum atomic E-state index is 12.9. The summed E-state index contributed by atoms with van der Waals surface area (Å²) in [4.78, 5) is 13.3. The lowest BCUT2D eigenvalue weighted by atomic mass is 10.2. The monoisotopic (exact) mass is 373 g/mol. The van der Waals surface area contributed by atoms with E-state index < -0.39 is 0 Å². The summed E-state index contributed by atoms with van der Waals surface area (Å²) >= 11 is 1.63. The molecule has 1 amide bonds. The van der Waals surface area contributed by atoms with E-state index >= 15 is 0 Å². The van der Waals surface area contributed by atoms with Crippen molar-refractivity contribution in [3.8, 4) is 5.75 Å². The molecule has 0 aliphatic heterocycles. The number of nitrogens with one attached hydrogen (secondary N) is 1. The third-order valence-electron chi connectivity index (χ3n) is 3.89. The number of hydrogen-bond donors (Lipinski definition) is 1. The van der Waals surface area contributed by atoms with Gasteiger partial charge in [-0.05, 0) is 55.6 Å². The van der Waals surface area contributed by atoms with Gasteiger partial charge in [-0.2, -0.15) is 5.10 Å². The summed E-state index contributed by atoms with van der Waals surface area (Å²) < 4.78 is 20.2. The molecule has 3 aromatic rings. The van der Waals surface area contributed by atoms with Crippen LogP contribution < -0.4 is 10.1 Å². The van der Waals surface area contributed by atoms with Crippen LogP contribution in [0.1, 0.15) is 22.3 Å². The predicted octanol–water partition coefficient (Wildman–Crippen LogP) is 3.49. The van der Waals surface area contributed by atoms with E-state index in [0.717, 1.165) is 16.3 Å². The van der Waals surface area contributed by atoms with Gasteiger partial charge < -0.3 is 10.1 Å². The molecule has 0 aliphatic carbocycles. The van der Waals surface area contributed by atoms with Gasteiger partial charge in [-0.3, -0.25) is 9.48 Å². The van der Waals surface area contributed by atoms with Gasteiger partial charge >= 0.3 is 0 Å². The quantitative estimate of drug-likeness (QED) is 0.690. The Morgan fingerprint density at radius 3 is 2.69 bits per heavy atom. The van der Waals surface area contributed by atoms with Gasteiger partial charge in [0, 0.05) is 17.1 Å². The van der Waals surface area contributed by atoms with Crippen molar-refractivity contribution in [3.05, 3.63) is 69.9 Å². The Bertz CT molecular complexity index is 860. The zero-order valence-corrected chi connectivity index (χ0v) is 15.4. The molecule has 7 heteroatoms. The summed E-state index contributed by atoms with van der Waals surface area (Å²) in [5.74, 6) is -0.127. The predicted molar refractivity (Wildman–Crippen MR) is 99.1 cm³/mol. The number of nitrogens with zero attached hydrogens (tertiary/aromatic N) is 2. The first-order valence-electron chi connectivity index (χ1n) is 8.24. The highest BCUT2D eigenvalue weighted by atomic mass is 32.1. The van der Waals surface area contributed by atoms with Crippen LogP contribution in [0.15, 0.2) is 47.8 Å².